The van der Waals surface area contributed by atoms with Gasteiger partial charge in [0.15, 0.2) is 5.72 Å². The number of hydrogen-bond acceptors (Lipinski definition) is 3. The van der Waals surface area contributed by atoms with Crippen molar-refractivity contribution in [2.45, 2.75) is 25.5 Å². The van der Waals surface area contributed by atoms with E-state index in [9.17, 15) is 14.7 Å². The summed E-state index contributed by atoms with van der Waals surface area (Å²) in [5, 5.41) is 9.48. The number of likely N-dealkylation sites (tertiary alicyclic amines) is 1. The molecule has 2 heterocycles. The monoisotopic (exact) mass is 275 g/mol. The number of para-hydroxylation sites is 1. The number of carbonyl (C=O) groups excluding carboxylic acids is 1. The Bertz CT molecular complexity index is 599. The Hall–Kier alpha value is -2.04. The second-order valence-corrected chi connectivity index (χ2v) is 5.72. The molecule has 2 bridgehead atoms. The Labute approximate surface area is 117 Å². The number of rotatable bonds is 1. The molecule has 1 N–H and O–H groups in total. The zero-order valence-electron chi connectivity index (χ0n) is 11.7. The number of carboxylic acid groups (broad SMARTS) is 1. The van der Waals surface area contributed by atoms with E-state index in [1.807, 2.05) is 38.1 Å². The van der Waals surface area contributed by atoms with Crippen molar-refractivity contribution in [3.05, 3.63) is 29.8 Å². The molecule has 0 unspecified atom stereocenters. The van der Waals surface area contributed by atoms with Gasteiger partial charge in [-0.25, -0.2) is 0 Å². The number of nitrogens with zero attached hydrogens (tertiary/aromatic N) is 1. The number of aliphatic carboxylic acids is 1. The predicted octanol–water partition coefficient (Wildman–Crippen LogP) is 1.69. The van der Waals surface area contributed by atoms with Crippen LogP contribution in [0.4, 0.5) is 0 Å². The van der Waals surface area contributed by atoms with Gasteiger partial charge in [0.2, 0.25) is 5.91 Å². The van der Waals surface area contributed by atoms with Gasteiger partial charge in [0.1, 0.15) is 11.7 Å². The average molecular weight is 275 g/mol. The average Bonchev–Trinajstić information content (AvgIpc) is 2.40. The highest BCUT2D eigenvalue weighted by atomic mass is 16.5. The molecule has 4 atom stereocenters. The maximum absolute atomic E-state index is 12.4. The van der Waals surface area contributed by atoms with Crippen LogP contribution in [0, 0.1) is 11.8 Å². The van der Waals surface area contributed by atoms with E-state index >= 15 is 0 Å². The predicted molar refractivity (Wildman–Crippen MR) is 71.3 cm³/mol. The van der Waals surface area contributed by atoms with E-state index in [0.29, 0.717) is 5.75 Å². The van der Waals surface area contributed by atoms with Crippen molar-refractivity contribution in [1.82, 2.24) is 4.90 Å². The summed E-state index contributed by atoms with van der Waals surface area (Å²) in [6.07, 6.45) is 0. The number of carboxylic acids is 1. The van der Waals surface area contributed by atoms with Crippen LogP contribution in [0.5, 0.6) is 5.75 Å². The molecule has 0 spiro atoms. The van der Waals surface area contributed by atoms with Crippen molar-refractivity contribution in [2.24, 2.45) is 11.8 Å². The van der Waals surface area contributed by atoms with E-state index in [-0.39, 0.29) is 11.8 Å². The maximum Gasteiger partial charge on any atom is 0.316 e. The third kappa shape index (κ3) is 1.43. The van der Waals surface area contributed by atoms with E-state index in [1.165, 1.54) is 4.90 Å². The number of ether oxygens (including phenoxy) is 1. The lowest BCUT2D eigenvalue weighted by Crippen LogP contribution is -2.66. The minimum absolute atomic E-state index is 0.0961. The third-order valence-corrected chi connectivity index (χ3v) is 4.87. The fraction of sp³-hybridized carbons (Fsp3) is 0.467. The van der Waals surface area contributed by atoms with Gasteiger partial charge in [-0.15, -0.1) is 0 Å². The fourth-order valence-corrected chi connectivity index (χ4v) is 3.45. The Kier molecular flexibility index (Phi) is 2.58. The molecule has 5 heteroatoms. The molecule has 5 nitrogen and oxygen atoms in total. The molecule has 0 aliphatic carbocycles. The Morgan fingerprint density at radius 1 is 1.40 bits per heavy atom. The minimum atomic E-state index is -1.07. The van der Waals surface area contributed by atoms with E-state index in [0.717, 1.165) is 5.56 Å². The summed E-state index contributed by atoms with van der Waals surface area (Å²) >= 11 is 0. The maximum atomic E-state index is 12.4. The Morgan fingerprint density at radius 2 is 2.05 bits per heavy atom. The fourth-order valence-electron chi connectivity index (χ4n) is 3.45. The third-order valence-electron chi connectivity index (χ3n) is 4.87. The summed E-state index contributed by atoms with van der Waals surface area (Å²) < 4.78 is 6.03. The van der Waals surface area contributed by atoms with Crippen molar-refractivity contribution in [1.29, 1.82) is 0 Å². The molecule has 1 saturated heterocycles. The van der Waals surface area contributed by atoms with Gasteiger partial charge in [-0.3, -0.25) is 9.59 Å². The van der Waals surface area contributed by atoms with Crippen LogP contribution in [0.25, 0.3) is 0 Å². The summed E-state index contributed by atoms with van der Waals surface area (Å²) in [6.45, 7) is 3.79. The SMILES string of the molecule is C[C@H]1[C@H]2c3ccccc3O[C@]1(C)N(C)C(=O)[C@@H]2C(=O)O. The first kappa shape index (κ1) is 13.0. The van der Waals surface area contributed by atoms with Crippen molar-refractivity contribution in [2.75, 3.05) is 7.05 Å². The zero-order chi connectivity index (χ0) is 14.7. The lowest BCUT2D eigenvalue weighted by molar-refractivity contribution is -0.188. The lowest BCUT2D eigenvalue weighted by Gasteiger charge is -2.55. The van der Waals surface area contributed by atoms with Crippen LogP contribution >= 0.6 is 0 Å². The van der Waals surface area contributed by atoms with Crippen molar-refractivity contribution in [3.63, 3.8) is 0 Å². The number of piperidine rings is 1. The molecule has 0 aromatic heterocycles. The highest BCUT2D eigenvalue weighted by molar-refractivity contribution is 5.99. The van der Waals surface area contributed by atoms with Gasteiger partial charge < -0.3 is 14.7 Å². The number of fused-ring (bicyclic) bond motifs is 4. The van der Waals surface area contributed by atoms with Gasteiger partial charge in [-0.2, -0.15) is 0 Å². The van der Waals surface area contributed by atoms with Crippen molar-refractivity contribution in [3.8, 4) is 5.75 Å². The smallest absolute Gasteiger partial charge is 0.316 e. The molecule has 20 heavy (non-hydrogen) atoms. The van der Waals surface area contributed by atoms with E-state index in [2.05, 4.69) is 0 Å². The molecule has 0 saturated carbocycles. The number of benzene rings is 1. The molecule has 1 amide bonds. The van der Waals surface area contributed by atoms with Crippen molar-refractivity contribution >= 4 is 11.9 Å². The first-order chi connectivity index (χ1) is 9.38. The van der Waals surface area contributed by atoms with Gasteiger partial charge in [-0.1, -0.05) is 25.1 Å². The van der Waals surface area contributed by atoms with Gasteiger partial charge >= 0.3 is 5.97 Å². The zero-order valence-corrected chi connectivity index (χ0v) is 11.7. The van der Waals surface area contributed by atoms with Crippen molar-refractivity contribution < 1.29 is 19.4 Å². The van der Waals surface area contributed by atoms with Gasteiger partial charge in [0, 0.05) is 18.9 Å². The molecule has 2 aliphatic rings. The van der Waals surface area contributed by atoms with Gasteiger partial charge in [0.05, 0.1) is 0 Å². The molecule has 2 aliphatic heterocycles. The Morgan fingerprint density at radius 3 is 2.70 bits per heavy atom. The van der Waals surface area contributed by atoms with Crippen LogP contribution in [-0.2, 0) is 9.59 Å². The minimum Gasteiger partial charge on any atom is -0.481 e. The molecule has 1 aromatic carbocycles. The van der Waals surface area contributed by atoms with Gasteiger partial charge in [-0.05, 0) is 18.6 Å². The number of carbonyl (C=O) groups is 2. The summed E-state index contributed by atoms with van der Waals surface area (Å²) in [6, 6.07) is 7.38. The van der Waals surface area contributed by atoms with Crippen LogP contribution in [0.2, 0.25) is 0 Å². The standard InChI is InChI=1S/C15H17NO4/c1-8-11-9-6-4-5-7-10(9)20-15(8,2)16(3)13(17)12(11)14(18)19/h4-8,11-12H,1-3H3,(H,18,19)/t8-,11-,12+,15-/m0/s1. The van der Waals surface area contributed by atoms with Gasteiger partial charge in [0.25, 0.3) is 0 Å². The second-order valence-electron chi connectivity index (χ2n) is 5.72. The molecule has 3 rings (SSSR count). The van der Waals surface area contributed by atoms with E-state index in [1.54, 1.807) is 7.05 Å². The first-order valence-corrected chi connectivity index (χ1v) is 6.66. The number of amides is 1. The van der Waals surface area contributed by atoms with Crippen LogP contribution in [0.1, 0.15) is 25.3 Å². The summed E-state index contributed by atoms with van der Waals surface area (Å²) in [4.78, 5) is 25.4. The number of hydrogen-bond donors (Lipinski definition) is 1. The molecule has 1 aromatic rings. The largest absolute Gasteiger partial charge is 0.481 e. The molecule has 0 radical (unpaired) electrons. The highest BCUT2D eigenvalue weighted by Crippen LogP contribution is 2.52. The van der Waals surface area contributed by atoms with Crippen LogP contribution in [-0.4, -0.2) is 34.7 Å². The summed E-state index contributed by atoms with van der Waals surface area (Å²) in [5.74, 6) is -2.29. The Balaban J connectivity index is 2.24. The topological polar surface area (TPSA) is 66.8 Å². The van der Waals surface area contributed by atoms with Crippen LogP contribution in [0.15, 0.2) is 24.3 Å². The van der Waals surface area contributed by atoms with E-state index in [4.69, 9.17) is 4.74 Å². The molecular weight excluding hydrogens is 258 g/mol. The summed E-state index contributed by atoms with van der Waals surface area (Å²) in [7, 11) is 1.61. The summed E-state index contributed by atoms with van der Waals surface area (Å²) in [5.41, 5.74) is 0.00789. The van der Waals surface area contributed by atoms with Crippen LogP contribution in [0.3, 0.4) is 0 Å². The molecule has 106 valence electrons. The quantitative estimate of drug-likeness (QED) is 0.792. The molecular formula is C15H17NO4. The first-order valence-electron chi connectivity index (χ1n) is 6.66. The lowest BCUT2D eigenvalue weighted by atomic mass is 9.67. The van der Waals surface area contributed by atoms with Crippen LogP contribution < -0.4 is 4.74 Å². The highest BCUT2D eigenvalue weighted by Gasteiger charge is 2.59. The van der Waals surface area contributed by atoms with E-state index < -0.39 is 23.5 Å². The normalized spacial score (nSPS) is 35.2. The second kappa shape index (κ2) is 3.98. The molecule has 1 fully saturated rings.